The molecule has 0 heterocycles. The van der Waals surface area contributed by atoms with Crippen molar-refractivity contribution in [3.8, 4) is 0 Å². The topological polar surface area (TPSA) is 55.4 Å². The third-order valence-electron chi connectivity index (χ3n) is 2.69. The number of halogens is 1. The van der Waals surface area contributed by atoms with Crippen molar-refractivity contribution in [1.82, 2.24) is 5.32 Å². The minimum absolute atomic E-state index is 0.257. The second-order valence-corrected chi connectivity index (χ2v) is 4.57. The number of amides is 1. The van der Waals surface area contributed by atoms with Gasteiger partial charge in [0.1, 0.15) is 5.82 Å². The van der Waals surface area contributed by atoms with Crippen LogP contribution in [-0.4, -0.2) is 25.5 Å². The Morgan fingerprint density at radius 3 is 2.33 bits per heavy atom. The first kappa shape index (κ1) is 14.2. The molecular formula is C13H16FNO3. The second kappa shape index (κ2) is 5.62. The molecule has 4 nitrogen and oxygen atoms in total. The molecule has 1 aromatic rings. The maximum absolute atomic E-state index is 12.8. The molecule has 18 heavy (non-hydrogen) atoms. The van der Waals surface area contributed by atoms with Crippen LogP contribution in [0, 0.1) is 5.82 Å². The lowest BCUT2D eigenvalue weighted by Crippen LogP contribution is -2.40. The van der Waals surface area contributed by atoms with E-state index in [9.17, 15) is 14.0 Å². The molecule has 1 amide bonds. The van der Waals surface area contributed by atoms with E-state index in [2.05, 4.69) is 10.1 Å². The van der Waals surface area contributed by atoms with E-state index >= 15 is 0 Å². The smallest absolute Gasteiger partial charge is 0.396 e. The van der Waals surface area contributed by atoms with E-state index in [1.165, 1.54) is 12.1 Å². The molecule has 1 rings (SSSR count). The van der Waals surface area contributed by atoms with Crippen molar-refractivity contribution in [2.75, 3.05) is 13.7 Å². The maximum atomic E-state index is 12.8. The maximum Gasteiger partial charge on any atom is 0.396 e. The van der Waals surface area contributed by atoms with Crippen molar-refractivity contribution >= 4 is 11.9 Å². The molecule has 0 aromatic heterocycles. The predicted molar refractivity (Wildman–Crippen MR) is 64.5 cm³/mol. The van der Waals surface area contributed by atoms with Crippen molar-refractivity contribution < 1.29 is 18.7 Å². The molecular weight excluding hydrogens is 237 g/mol. The lowest BCUT2D eigenvalue weighted by atomic mass is 9.84. The first-order chi connectivity index (χ1) is 8.36. The lowest BCUT2D eigenvalue weighted by Gasteiger charge is -2.25. The number of carbonyl (C=O) groups is 2. The number of hydrogen-bond donors (Lipinski definition) is 1. The standard InChI is InChI=1S/C13H16FNO3/c1-13(2,8-15-11(16)12(17)18-3)9-4-6-10(14)7-5-9/h4-7H,8H2,1-3H3,(H,15,16). The molecule has 0 aliphatic heterocycles. The van der Waals surface area contributed by atoms with E-state index < -0.39 is 17.3 Å². The monoisotopic (exact) mass is 253 g/mol. The molecule has 5 heteroatoms. The van der Waals surface area contributed by atoms with E-state index in [1.54, 1.807) is 12.1 Å². The highest BCUT2D eigenvalue weighted by molar-refractivity contribution is 6.32. The van der Waals surface area contributed by atoms with Gasteiger partial charge < -0.3 is 10.1 Å². The van der Waals surface area contributed by atoms with Crippen LogP contribution in [0.3, 0.4) is 0 Å². The van der Waals surface area contributed by atoms with Gasteiger partial charge in [-0.25, -0.2) is 9.18 Å². The predicted octanol–water partition coefficient (Wildman–Crippen LogP) is 1.39. The highest BCUT2D eigenvalue weighted by atomic mass is 19.1. The molecule has 0 atom stereocenters. The van der Waals surface area contributed by atoms with Gasteiger partial charge in [-0.05, 0) is 17.7 Å². The van der Waals surface area contributed by atoms with Crippen molar-refractivity contribution in [3.05, 3.63) is 35.6 Å². The molecule has 0 saturated carbocycles. The molecule has 0 spiro atoms. The Bertz CT molecular complexity index is 440. The van der Waals surface area contributed by atoms with E-state index in [1.807, 2.05) is 13.8 Å². The van der Waals surface area contributed by atoms with Crippen molar-refractivity contribution in [1.29, 1.82) is 0 Å². The number of nitrogens with one attached hydrogen (secondary N) is 1. The van der Waals surface area contributed by atoms with Crippen LogP contribution >= 0.6 is 0 Å². The summed E-state index contributed by atoms with van der Waals surface area (Å²) >= 11 is 0. The fraction of sp³-hybridized carbons (Fsp3) is 0.385. The molecule has 1 aromatic carbocycles. The highest BCUT2D eigenvalue weighted by Crippen LogP contribution is 2.22. The van der Waals surface area contributed by atoms with Gasteiger partial charge in [-0.1, -0.05) is 26.0 Å². The van der Waals surface area contributed by atoms with Crippen LogP contribution in [-0.2, 0) is 19.7 Å². The van der Waals surface area contributed by atoms with Gasteiger partial charge in [0.2, 0.25) is 0 Å². The number of esters is 1. The minimum atomic E-state index is -0.926. The summed E-state index contributed by atoms with van der Waals surface area (Å²) in [5.74, 6) is -2.02. The molecule has 1 N–H and O–H groups in total. The van der Waals surface area contributed by atoms with Crippen molar-refractivity contribution in [2.24, 2.45) is 0 Å². The Labute approximate surface area is 105 Å². The van der Waals surface area contributed by atoms with E-state index in [0.29, 0.717) is 0 Å². The molecule has 98 valence electrons. The number of benzene rings is 1. The molecule has 0 bridgehead atoms. The average molecular weight is 253 g/mol. The zero-order valence-corrected chi connectivity index (χ0v) is 10.6. The van der Waals surface area contributed by atoms with Crippen LogP contribution in [0.4, 0.5) is 4.39 Å². The summed E-state index contributed by atoms with van der Waals surface area (Å²) in [5.41, 5.74) is 0.464. The van der Waals surface area contributed by atoms with E-state index in [4.69, 9.17) is 0 Å². The summed E-state index contributed by atoms with van der Waals surface area (Å²) in [6, 6.07) is 6.03. The van der Waals surface area contributed by atoms with Crippen LogP contribution in [0.25, 0.3) is 0 Å². The van der Waals surface area contributed by atoms with Gasteiger partial charge in [0.05, 0.1) is 7.11 Å². The quantitative estimate of drug-likeness (QED) is 0.654. The summed E-state index contributed by atoms with van der Waals surface area (Å²) in [6.07, 6.45) is 0. The van der Waals surface area contributed by atoms with Gasteiger partial charge in [0.15, 0.2) is 0 Å². The molecule has 0 saturated heterocycles. The Hall–Kier alpha value is -1.91. The first-order valence-corrected chi connectivity index (χ1v) is 5.49. The molecule has 0 unspecified atom stereocenters. The third-order valence-corrected chi connectivity index (χ3v) is 2.69. The Morgan fingerprint density at radius 2 is 1.83 bits per heavy atom. The van der Waals surface area contributed by atoms with Gasteiger partial charge in [-0.2, -0.15) is 0 Å². The molecule has 0 aliphatic carbocycles. The SMILES string of the molecule is COC(=O)C(=O)NCC(C)(C)c1ccc(F)cc1. The van der Waals surface area contributed by atoms with Gasteiger partial charge in [0, 0.05) is 12.0 Å². The molecule has 0 fully saturated rings. The Balaban J connectivity index is 2.67. The number of hydrogen-bond acceptors (Lipinski definition) is 3. The fourth-order valence-electron chi connectivity index (χ4n) is 1.47. The molecule has 0 radical (unpaired) electrons. The van der Waals surface area contributed by atoms with Gasteiger partial charge >= 0.3 is 11.9 Å². The minimum Gasteiger partial charge on any atom is -0.462 e. The summed E-state index contributed by atoms with van der Waals surface area (Å²) in [4.78, 5) is 22.2. The number of ether oxygens (including phenoxy) is 1. The van der Waals surface area contributed by atoms with Gasteiger partial charge in [0.25, 0.3) is 0 Å². The summed E-state index contributed by atoms with van der Waals surface area (Å²) in [6.45, 7) is 4.03. The summed E-state index contributed by atoms with van der Waals surface area (Å²) in [7, 11) is 1.15. The Kier molecular flexibility index (Phi) is 4.42. The van der Waals surface area contributed by atoms with Crippen molar-refractivity contribution in [2.45, 2.75) is 19.3 Å². The summed E-state index contributed by atoms with van der Waals surface area (Å²) < 4.78 is 17.1. The second-order valence-electron chi connectivity index (χ2n) is 4.57. The third kappa shape index (κ3) is 3.55. The molecule has 0 aliphatic rings. The number of rotatable bonds is 3. The highest BCUT2D eigenvalue weighted by Gasteiger charge is 2.23. The van der Waals surface area contributed by atoms with Crippen LogP contribution in [0.5, 0.6) is 0 Å². The van der Waals surface area contributed by atoms with Gasteiger partial charge in [-0.15, -0.1) is 0 Å². The largest absolute Gasteiger partial charge is 0.462 e. The van der Waals surface area contributed by atoms with Crippen LogP contribution in [0.15, 0.2) is 24.3 Å². The first-order valence-electron chi connectivity index (χ1n) is 5.49. The average Bonchev–Trinajstić information content (AvgIpc) is 2.35. The summed E-state index contributed by atoms with van der Waals surface area (Å²) in [5, 5.41) is 2.48. The van der Waals surface area contributed by atoms with Crippen LogP contribution in [0.1, 0.15) is 19.4 Å². The van der Waals surface area contributed by atoms with Crippen LogP contribution < -0.4 is 5.32 Å². The zero-order chi connectivity index (χ0) is 13.8. The Morgan fingerprint density at radius 1 is 1.28 bits per heavy atom. The van der Waals surface area contributed by atoms with Gasteiger partial charge in [-0.3, -0.25) is 4.79 Å². The number of carbonyl (C=O) groups excluding carboxylic acids is 2. The van der Waals surface area contributed by atoms with E-state index in [0.717, 1.165) is 12.7 Å². The van der Waals surface area contributed by atoms with Crippen LogP contribution in [0.2, 0.25) is 0 Å². The van der Waals surface area contributed by atoms with Crippen molar-refractivity contribution in [3.63, 3.8) is 0 Å². The zero-order valence-electron chi connectivity index (χ0n) is 10.6. The lowest BCUT2D eigenvalue weighted by molar-refractivity contribution is -0.152. The fourth-order valence-corrected chi connectivity index (χ4v) is 1.47. The number of methoxy groups -OCH3 is 1. The van der Waals surface area contributed by atoms with E-state index in [-0.39, 0.29) is 12.4 Å². The normalized spacial score (nSPS) is 10.9.